The summed E-state index contributed by atoms with van der Waals surface area (Å²) in [5.41, 5.74) is 3.96. The highest BCUT2D eigenvalue weighted by atomic mass is 16.5. The SMILES string of the molecule is CC(C)(C)c1cccc(-c2nc3ccc(OCC(=O)O)cc3[nH]2)c1. The second kappa shape index (κ2) is 6.00. The normalized spacial score (nSPS) is 11.6. The number of ether oxygens (including phenoxy) is 1. The molecule has 0 spiro atoms. The van der Waals surface area contributed by atoms with Crippen LogP contribution in [0.1, 0.15) is 26.3 Å². The molecule has 0 bridgehead atoms. The van der Waals surface area contributed by atoms with E-state index in [0.29, 0.717) is 5.75 Å². The van der Waals surface area contributed by atoms with E-state index in [0.717, 1.165) is 22.4 Å². The molecule has 0 aliphatic carbocycles. The number of aliphatic carboxylic acids is 1. The van der Waals surface area contributed by atoms with Crippen LogP contribution in [0.5, 0.6) is 5.75 Å². The van der Waals surface area contributed by atoms with Crippen molar-refractivity contribution in [2.75, 3.05) is 6.61 Å². The highest BCUT2D eigenvalue weighted by Gasteiger charge is 2.15. The van der Waals surface area contributed by atoms with Crippen LogP contribution in [0.15, 0.2) is 42.5 Å². The number of H-pyrrole nitrogens is 1. The molecule has 0 saturated heterocycles. The van der Waals surface area contributed by atoms with E-state index in [9.17, 15) is 4.79 Å². The number of nitrogens with one attached hydrogen (secondary N) is 1. The van der Waals surface area contributed by atoms with E-state index in [1.54, 1.807) is 12.1 Å². The van der Waals surface area contributed by atoms with E-state index >= 15 is 0 Å². The van der Waals surface area contributed by atoms with Gasteiger partial charge in [0.25, 0.3) is 0 Å². The third kappa shape index (κ3) is 3.40. The van der Waals surface area contributed by atoms with Crippen LogP contribution < -0.4 is 4.74 Å². The topological polar surface area (TPSA) is 75.2 Å². The maximum Gasteiger partial charge on any atom is 0.341 e. The molecule has 0 saturated carbocycles. The number of imidazole rings is 1. The Morgan fingerprint density at radius 1 is 1.21 bits per heavy atom. The monoisotopic (exact) mass is 324 g/mol. The number of hydrogen-bond donors (Lipinski definition) is 2. The largest absolute Gasteiger partial charge is 0.482 e. The number of aromatic amines is 1. The quantitative estimate of drug-likeness (QED) is 0.761. The van der Waals surface area contributed by atoms with Crippen molar-refractivity contribution in [2.24, 2.45) is 0 Å². The number of benzene rings is 2. The van der Waals surface area contributed by atoms with Crippen LogP contribution in [0.3, 0.4) is 0 Å². The molecule has 1 aromatic heterocycles. The Kier molecular flexibility index (Phi) is 4.01. The van der Waals surface area contributed by atoms with Gasteiger partial charge in [0, 0.05) is 11.6 Å². The number of nitrogens with zero attached hydrogens (tertiary/aromatic N) is 1. The van der Waals surface area contributed by atoms with E-state index in [-0.39, 0.29) is 12.0 Å². The minimum atomic E-state index is -1.00. The van der Waals surface area contributed by atoms with E-state index in [2.05, 4.69) is 42.9 Å². The van der Waals surface area contributed by atoms with E-state index in [1.807, 2.05) is 18.2 Å². The van der Waals surface area contributed by atoms with Crippen molar-refractivity contribution in [3.8, 4) is 17.1 Å². The number of hydrogen-bond acceptors (Lipinski definition) is 3. The molecule has 3 rings (SSSR count). The summed E-state index contributed by atoms with van der Waals surface area (Å²) in [5.74, 6) is 0.286. The molecule has 2 N–H and O–H groups in total. The van der Waals surface area contributed by atoms with Gasteiger partial charge < -0.3 is 14.8 Å². The molecular weight excluding hydrogens is 304 g/mol. The van der Waals surface area contributed by atoms with Gasteiger partial charge in [-0.2, -0.15) is 0 Å². The van der Waals surface area contributed by atoms with Gasteiger partial charge in [0.15, 0.2) is 6.61 Å². The van der Waals surface area contributed by atoms with Crippen LogP contribution in [-0.4, -0.2) is 27.7 Å². The van der Waals surface area contributed by atoms with Crippen LogP contribution in [0.4, 0.5) is 0 Å². The van der Waals surface area contributed by atoms with Crippen molar-refractivity contribution in [3.05, 3.63) is 48.0 Å². The van der Waals surface area contributed by atoms with Gasteiger partial charge in [-0.3, -0.25) is 0 Å². The van der Waals surface area contributed by atoms with Gasteiger partial charge in [0.1, 0.15) is 11.6 Å². The summed E-state index contributed by atoms with van der Waals surface area (Å²) in [5, 5.41) is 8.69. The molecule has 5 nitrogen and oxygen atoms in total. The lowest BCUT2D eigenvalue weighted by Gasteiger charge is -2.19. The predicted molar refractivity (Wildman–Crippen MR) is 93.4 cm³/mol. The summed E-state index contributed by atoms with van der Waals surface area (Å²) in [7, 11) is 0. The Morgan fingerprint density at radius 2 is 2.00 bits per heavy atom. The second-order valence-corrected chi connectivity index (χ2v) is 6.78. The highest BCUT2D eigenvalue weighted by Crippen LogP contribution is 2.28. The molecule has 0 atom stereocenters. The smallest absolute Gasteiger partial charge is 0.341 e. The Hall–Kier alpha value is -2.82. The van der Waals surface area contributed by atoms with Crippen molar-refractivity contribution in [3.63, 3.8) is 0 Å². The zero-order valence-electron chi connectivity index (χ0n) is 14.0. The van der Waals surface area contributed by atoms with E-state index in [1.165, 1.54) is 5.56 Å². The first-order valence-corrected chi connectivity index (χ1v) is 7.78. The molecule has 3 aromatic rings. The van der Waals surface area contributed by atoms with Gasteiger partial charge in [-0.15, -0.1) is 0 Å². The summed E-state index contributed by atoms with van der Waals surface area (Å²) < 4.78 is 5.21. The number of aromatic nitrogens is 2. The molecule has 0 aliphatic heterocycles. The molecule has 24 heavy (non-hydrogen) atoms. The average Bonchev–Trinajstić information content (AvgIpc) is 2.95. The average molecular weight is 324 g/mol. The Balaban J connectivity index is 1.95. The van der Waals surface area contributed by atoms with E-state index < -0.39 is 5.97 Å². The fourth-order valence-corrected chi connectivity index (χ4v) is 2.49. The van der Waals surface area contributed by atoms with Gasteiger partial charge in [-0.25, -0.2) is 9.78 Å². The second-order valence-electron chi connectivity index (χ2n) is 6.78. The van der Waals surface area contributed by atoms with E-state index in [4.69, 9.17) is 9.84 Å². The van der Waals surface area contributed by atoms with Crippen molar-refractivity contribution in [1.82, 2.24) is 9.97 Å². The Bertz CT molecular complexity index is 891. The first-order valence-electron chi connectivity index (χ1n) is 7.78. The summed E-state index contributed by atoms with van der Waals surface area (Å²) in [6.07, 6.45) is 0. The standard InChI is InChI=1S/C19H20N2O3/c1-19(2,3)13-6-4-5-12(9-13)18-20-15-8-7-14(10-16(15)21-18)24-11-17(22)23/h4-10H,11H2,1-3H3,(H,20,21)(H,22,23). The first-order chi connectivity index (χ1) is 11.3. The van der Waals surface area contributed by atoms with Crippen molar-refractivity contribution < 1.29 is 14.6 Å². The molecule has 0 fully saturated rings. The van der Waals surface area contributed by atoms with Crippen LogP contribution in [-0.2, 0) is 10.2 Å². The lowest BCUT2D eigenvalue weighted by molar-refractivity contribution is -0.139. The zero-order chi connectivity index (χ0) is 17.3. The van der Waals surface area contributed by atoms with Crippen molar-refractivity contribution in [1.29, 1.82) is 0 Å². The molecule has 1 heterocycles. The van der Waals surface area contributed by atoms with Crippen LogP contribution in [0, 0.1) is 0 Å². The molecule has 124 valence electrons. The van der Waals surface area contributed by atoms with Gasteiger partial charge in [-0.05, 0) is 29.2 Å². The minimum absolute atomic E-state index is 0.0693. The number of rotatable bonds is 4. The van der Waals surface area contributed by atoms with Crippen LogP contribution in [0.2, 0.25) is 0 Å². The zero-order valence-corrected chi connectivity index (χ0v) is 14.0. The molecule has 0 radical (unpaired) electrons. The van der Waals surface area contributed by atoms with Crippen LogP contribution in [0.25, 0.3) is 22.4 Å². The van der Waals surface area contributed by atoms with Gasteiger partial charge in [0.05, 0.1) is 11.0 Å². The van der Waals surface area contributed by atoms with Crippen molar-refractivity contribution in [2.45, 2.75) is 26.2 Å². The molecule has 2 aromatic carbocycles. The molecule has 0 unspecified atom stereocenters. The summed E-state index contributed by atoms with van der Waals surface area (Å²) in [6, 6.07) is 13.6. The fourth-order valence-electron chi connectivity index (χ4n) is 2.49. The Morgan fingerprint density at radius 3 is 2.71 bits per heavy atom. The Labute approximate surface area is 140 Å². The van der Waals surface area contributed by atoms with Gasteiger partial charge in [-0.1, -0.05) is 39.0 Å². The number of fused-ring (bicyclic) bond motifs is 1. The molecule has 0 amide bonds. The fraction of sp³-hybridized carbons (Fsp3) is 0.263. The lowest BCUT2D eigenvalue weighted by atomic mass is 9.86. The highest BCUT2D eigenvalue weighted by molar-refractivity contribution is 5.81. The maximum atomic E-state index is 10.6. The van der Waals surface area contributed by atoms with Gasteiger partial charge in [0.2, 0.25) is 0 Å². The van der Waals surface area contributed by atoms with Gasteiger partial charge >= 0.3 is 5.97 Å². The predicted octanol–water partition coefficient (Wildman–Crippen LogP) is 3.99. The summed E-state index contributed by atoms with van der Waals surface area (Å²) in [6.45, 7) is 6.17. The van der Waals surface area contributed by atoms with Crippen molar-refractivity contribution >= 4 is 17.0 Å². The maximum absolute atomic E-state index is 10.6. The molecule has 0 aliphatic rings. The van der Waals surface area contributed by atoms with Crippen LogP contribution >= 0.6 is 0 Å². The summed E-state index contributed by atoms with van der Waals surface area (Å²) in [4.78, 5) is 18.5. The third-order valence-corrected chi connectivity index (χ3v) is 3.82. The first kappa shape index (κ1) is 16.1. The number of carboxylic acids is 1. The molecular formula is C19H20N2O3. The third-order valence-electron chi connectivity index (χ3n) is 3.82. The number of carboxylic acid groups (broad SMARTS) is 1. The minimum Gasteiger partial charge on any atom is -0.482 e. The lowest BCUT2D eigenvalue weighted by Crippen LogP contribution is -2.10. The summed E-state index contributed by atoms with van der Waals surface area (Å²) >= 11 is 0. The number of carbonyl (C=O) groups is 1. The molecule has 5 heteroatoms.